The fourth-order valence-corrected chi connectivity index (χ4v) is 4.62. The maximum absolute atomic E-state index is 13.1. The first kappa shape index (κ1) is 19.1. The van der Waals surface area contributed by atoms with Crippen LogP contribution in [-0.2, 0) is 0 Å². The summed E-state index contributed by atoms with van der Waals surface area (Å²) in [7, 11) is 1.76. The molecule has 1 amide bonds. The minimum atomic E-state index is -0.212. The van der Waals surface area contributed by atoms with Crippen LogP contribution in [0, 0.1) is 11.8 Å². The van der Waals surface area contributed by atoms with Gasteiger partial charge in [0, 0.05) is 13.1 Å². The van der Waals surface area contributed by atoms with E-state index in [1.54, 1.807) is 17.8 Å². The summed E-state index contributed by atoms with van der Waals surface area (Å²) in [6, 6.07) is 12.0. The number of aliphatic hydroxyl groups excluding tert-OH is 1. The van der Waals surface area contributed by atoms with Gasteiger partial charge in [0.2, 0.25) is 0 Å². The number of fused-ring (bicyclic) bond motifs is 1. The molecule has 0 saturated heterocycles. The quantitative estimate of drug-likeness (QED) is 0.651. The molecule has 2 fully saturated rings. The van der Waals surface area contributed by atoms with Crippen LogP contribution in [0.4, 0.5) is 0 Å². The second-order valence-electron chi connectivity index (χ2n) is 7.73. The molecule has 3 N–H and O–H groups in total. The van der Waals surface area contributed by atoms with Crippen molar-refractivity contribution in [1.29, 1.82) is 0 Å². The lowest BCUT2D eigenvalue weighted by atomic mass is 10.0. The number of aliphatic hydroxyl groups is 1. The summed E-state index contributed by atoms with van der Waals surface area (Å²) in [5.41, 5.74) is 2.23. The van der Waals surface area contributed by atoms with E-state index < -0.39 is 0 Å². The molecular weight excluding hydrogens is 372 g/mol. The third-order valence-electron chi connectivity index (χ3n) is 6.01. The lowest BCUT2D eigenvalue weighted by Crippen LogP contribution is -2.32. The average molecular weight is 399 g/mol. The summed E-state index contributed by atoms with van der Waals surface area (Å²) in [5.74, 6) is 0.689. The molecule has 0 bridgehead atoms. The van der Waals surface area contributed by atoms with E-state index in [4.69, 9.17) is 12.2 Å². The molecule has 148 valence electrons. The maximum Gasteiger partial charge on any atom is 0.269 e. The first-order valence-corrected chi connectivity index (χ1v) is 10.3. The Bertz CT molecular complexity index is 870. The number of carbonyl (C=O) groups excluding carboxylic acids is 1. The second kappa shape index (κ2) is 7.64. The number of hydrogen-bond donors (Lipinski definition) is 3. The third-order valence-corrected chi connectivity index (χ3v) is 6.43. The summed E-state index contributed by atoms with van der Waals surface area (Å²) in [6.45, 7) is 2.09. The van der Waals surface area contributed by atoms with Crippen LogP contribution in [0.25, 0.3) is 0 Å². The molecule has 6 nitrogen and oxygen atoms in total. The van der Waals surface area contributed by atoms with Gasteiger partial charge in [-0.3, -0.25) is 9.48 Å². The van der Waals surface area contributed by atoms with Crippen molar-refractivity contribution < 1.29 is 9.90 Å². The Morgan fingerprint density at radius 2 is 2.00 bits per heavy atom. The number of nitrogens with zero attached hydrogens (tertiary/aromatic N) is 2. The molecule has 2 aliphatic rings. The molecule has 1 aromatic carbocycles. The fourth-order valence-electron chi connectivity index (χ4n) is 4.52. The Morgan fingerprint density at radius 1 is 1.32 bits per heavy atom. The molecule has 2 saturated carbocycles. The lowest BCUT2D eigenvalue weighted by Gasteiger charge is -2.19. The molecule has 1 heterocycles. The van der Waals surface area contributed by atoms with E-state index in [-0.39, 0.29) is 24.1 Å². The molecule has 2 aliphatic carbocycles. The van der Waals surface area contributed by atoms with E-state index in [9.17, 15) is 9.90 Å². The van der Waals surface area contributed by atoms with Gasteiger partial charge in [0.05, 0.1) is 12.1 Å². The van der Waals surface area contributed by atoms with E-state index in [1.807, 2.05) is 18.2 Å². The van der Waals surface area contributed by atoms with Crippen LogP contribution in [0.3, 0.4) is 0 Å². The Labute approximate surface area is 170 Å². The van der Waals surface area contributed by atoms with Crippen LogP contribution < -0.4 is 10.6 Å². The summed E-state index contributed by atoms with van der Waals surface area (Å²) >= 11 is 5.35. The van der Waals surface area contributed by atoms with Crippen molar-refractivity contribution in [2.45, 2.75) is 44.4 Å². The first-order valence-electron chi connectivity index (χ1n) is 9.89. The highest BCUT2D eigenvalue weighted by Crippen LogP contribution is 2.52. The van der Waals surface area contributed by atoms with Crippen molar-refractivity contribution in [1.82, 2.24) is 20.4 Å². The predicted molar refractivity (Wildman–Crippen MR) is 111 cm³/mol. The van der Waals surface area contributed by atoms with Gasteiger partial charge in [-0.15, -0.1) is 0 Å². The largest absolute Gasteiger partial charge is 0.393 e. The molecule has 3 unspecified atom stereocenters. The highest BCUT2D eigenvalue weighted by atomic mass is 32.1. The number of rotatable bonds is 6. The van der Waals surface area contributed by atoms with Crippen molar-refractivity contribution in [3.63, 3.8) is 0 Å². The zero-order valence-corrected chi connectivity index (χ0v) is 16.9. The summed E-state index contributed by atoms with van der Waals surface area (Å²) in [6.07, 6.45) is 2.16. The Kier molecular flexibility index (Phi) is 5.21. The Hall–Kier alpha value is -2.25. The van der Waals surface area contributed by atoms with Crippen molar-refractivity contribution in [3.8, 4) is 0 Å². The van der Waals surface area contributed by atoms with Crippen LogP contribution in [0.1, 0.15) is 54.0 Å². The molecule has 4 rings (SSSR count). The Morgan fingerprint density at radius 3 is 2.61 bits per heavy atom. The fraction of sp³-hybridized carbons (Fsp3) is 0.476. The molecule has 1 aromatic heterocycles. The molecule has 0 radical (unpaired) electrons. The van der Waals surface area contributed by atoms with Crippen LogP contribution >= 0.6 is 12.2 Å². The SMILES string of the molecule is CCC(c1ccccc1)n1nc(C(=S)NC)cc1C(=O)NC1C2CC(O)CC21. The van der Waals surface area contributed by atoms with Crippen molar-refractivity contribution in [3.05, 3.63) is 53.3 Å². The minimum absolute atomic E-state index is 0.0455. The van der Waals surface area contributed by atoms with Gasteiger partial charge in [0.1, 0.15) is 16.4 Å². The number of amides is 1. The van der Waals surface area contributed by atoms with Gasteiger partial charge < -0.3 is 15.7 Å². The smallest absolute Gasteiger partial charge is 0.269 e. The highest BCUT2D eigenvalue weighted by Gasteiger charge is 2.56. The Balaban J connectivity index is 1.62. The summed E-state index contributed by atoms with van der Waals surface area (Å²) < 4.78 is 1.80. The van der Waals surface area contributed by atoms with Gasteiger partial charge in [0.25, 0.3) is 5.91 Å². The topological polar surface area (TPSA) is 79.2 Å². The molecular formula is C21H26N4O2S. The number of aromatic nitrogens is 2. The number of nitrogens with one attached hydrogen (secondary N) is 2. The number of benzene rings is 1. The van der Waals surface area contributed by atoms with Crippen LogP contribution in [0.15, 0.2) is 36.4 Å². The predicted octanol–water partition coefficient (Wildman–Crippen LogP) is 2.28. The van der Waals surface area contributed by atoms with E-state index in [0.29, 0.717) is 28.2 Å². The van der Waals surface area contributed by atoms with Gasteiger partial charge in [-0.2, -0.15) is 5.10 Å². The van der Waals surface area contributed by atoms with Gasteiger partial charge in [0.15, 0.2) is 0 Å². The molecule has 28 heavy (non-hydrogen) atoms. The van der Waals surface area contributed by atoms with Crippen LogP contribution in [-0.4, -0.2) is 45.0 Å². The molecule has 0 spiro atoms. The second-order valence-corrected chi connectivity index (χ2v) is 8.13. The monoisotopic (exact) mass is 398 g/mol. The first-order chi connectivity index (χ1) is 13.5. The zero-order valence-electron chi connectivity index (χ0n) is 16.1. The molecule has 0 aliphatic heterocycles. The van der Waals surface area contributed by atoms with Gasteiger partial charge in [-0.25, -0.2) is 0 Å². The third kappa shape index (κ3) is 3.44. The molecule has 7 heteroatoms. The van der Waals surface area contributed by atoms with Gasteiger partial charge in [-0.05, 0) is 42.7 Å². The standard InChI is InChI=1S/C21H26N4O2S/c1-3-17(12-7-5-4-6-8-12)25-18(11-16(24-25)21(28)22-2)20(27)23-19-14-9-13(26)10-15(14)19/h4-8,11,13-15,17,19,26H,3,9-10H2,1-2H3,(H,22,28)(H,23,27). The summed E-state index contributed by atoms with van der Waals surface area (Å²) in [4.78, 5) is 13.6. The van der Waals surface area contributed by atoms with Crippen molar-refractivity contribution in [2.24, 2.45) is 11.8 Å². The van der Waals surface area contributed by atoms with Gasteiger partial charge in [-0.1, -0.05) is 49.5 Å². The number of thiocarbonyl (C=S) groups is 1. The number of hydrogen-bond acceptors (Lipinski definition) is 4. The van der Waals surface area contributed by atoms with Gasteiger partial charge >= 0.3 is 0 Å². The van der Waals surface area contributed by atoms with Crippen molar-refractivity contribution in [2.75, 3.05) is 7.05 Å². The van der Waals surface area contributed by atoms with E-state index in [2.05, 4.69) is 34.8 Å². The highest BCUT2D eigenvalue weighted by molar-refractivity contribution is 7.80. The number of carbonyl (C=O) groups is 1. The van der Waals surface area contributed by atoms with E-state index in [1.165, 1.54) is 0 Å². The van der Waals surface area contributed by atoms with Crippen LogP contribution in [0.5, 0.6) is 0 Å². The minimum Gasteiger partial charge on any atom is -0.393 e. The van der Waals surface area contributed by atoms with Crippen LogP contribution in [0.2, 0.25) is 0 Å². The van der Waals surface area contributed by atoms with E-state index >= 15 is 0 Å². The maximum atomic E-state index is 13.1. The summed E-state index contributed by atoms with van der Waals surface area (Å²) in [5, 5.41) is 20.5. The normalized spacial score (nSPS) is 26.4. The zero-order chi connectivity index (χ0) is 19.8. The van der Waals surface area contributed by atoms with Crippen molar-refractivity contribution >= 4 is 23.1 Å². The van der Waals surface area contributed by atoms with E-state index in [0.717, 1.165) is 24.8 Å². The molecule has 3 atom stereocenters. The lowest BCUT2D eigenvalue weighted by molar-refractivity contribution is 0.0924. The average Bonchev–Trinajstić information content (AvgIpc) is 3.06. The molecule has 2 aromatic rings.